The number of primary sulfonamides is 3. The van der Waals surface area contributed by atoms with Gasteiger partial charge in [0.15, 0.2) is 52.3 Å². The van der Waals surface area contributed by atoms with Gasteiger partial charge in [-0.25, -0.2) is 53.3 Å². The summed E-state index contributed by atoms with van der Waals surface area (Å²) in [6, 6.07) is 14.3. The number of benzene rings is 3. The van der Waals surface area contributed by atoms with Gasteiger partial charge in [0, 0.05) is 0 Å². The van der Waals surface area contributed by atoms with E-state index in [2.05, 4.69) is 72.1 Å². The number of aryl methyl sites for hydroxylation is 3. The quantitative estimate of drug-likeness (QED) is 0.0425. The first-order valence-corrected chi connectivity index (χ1v) is 36.7. The number of hydrogen-bond acceptors (Lipinski definition) is 21. The monoisotopic (exact) mass is 1520 g/mol. The molecule has 0 radical (unpaired) electrons. The maximum Gasteiger partial charge on any atom is 0.269 e. The maximum atomic E-state index is 12.0. The van der Waals surface area contributed by atoms with E-state index < -0.39 is 95.5 Å². The first-order chi connectivity index (χ1) is 43.5. The Morgan fingerprint density at radius 1 is 0.495 bits per heavy atom. The zero-order valence-electron chi connectivity index (χ0n) is 52.1. The van der Waals surface area contributed by atoms with Gasteiger partial charge in [0.05, 0.1) is 56.5 Å². The van der Waals surface area contributed by atoms with E-state index in [0.717, 1.165) is 22.6 Å². The fourth-order valence-corrected chi connectivity index (χ4v) is 14.4. The number of phenols is 3. The van der Waals surface area contributed by atoms with Gasteiger partial charge in [-0.1, -0.05) is 119 Å². The van der Waals surface area contributed by atoms with Gasteiger partial charge in [-0.05, 0) is 116 Å². The number of nitrogens with zero attached hydrogens (tertiary/aromatic N) is 6. The molecule has 534 valence electrons. The average molecular weight is 1530 g/mol. The molecule has 39 heteroatoms. The van der Waals surface area contributed by atoms with Gasteiger partial charge in [0.25, 0.3) is 33.5 Å². The molecule has 3 aliphatic rings. The van der Waals surface area contributed by atoms with E-state index in [9.17, 15) is 53.2 Å². The molecule has 97 heavy (non-hydrogen) atoms. The lowest BCUT2D eigenvalue weighted by Crippen LogP contribution is -2.41. The van der Waals surface area contributed by atoms with Crippen LogP contribution in [0.15, 0.2) is 121 Å². The number of rotatable bonds is 15. The number of anilines is 3. The van der Waals surface area contributed by atoms with Crippen LogP contribution >= 0.6 is 34.8 Å². The number of sulfonamides is 3. The largest absolute Gasteiger partial charge is 0.504 e. The van der Waals surface area contributed by atoms with Crippen molar-refractivity contribution in [1.82, 2.24) is 16.0 Å². The molecule has 6 atom stereocenters. The second-order valence-corrected chi connectivity index (χ2v) is 31.3. The van der Waals surface area contributed by atoms with Crippen LogP contribution in [0.3, 0.4) is 0 Å². The third-order valence-corrected chi connectivity index (χ3v) is 20.0. The Kier molecular flexibility index (Phi) is 27.6. The molecule has 0 saturated carbocycles. The number of aromatic hydroxyl groups is 3. The second kappa shape index (κ2) is 32.6. The van der Waals surface area contributed by atoms with Crippen molar-refractivity contribution in [1.29, 1.82) is 0 Å². The van der Waals surface area contributed by atoms with Gasteiger partial charge in [0.1, 0.15) is 43.5 Å². The minimum Gasteiger partial charge on any atom is -0.504 e. The Labute approximate surface area is 587 Å². The van der Waals surface area contributed by atoms with Crippen LogP contribution in [0.4, 0.5) is 17.1 Å². The molecule has 0 amide bonds. The number of hydrogen-bond donors (Lipinski definition) is 12. The SMILES string of the molecule is C.C.C.CC(C)c1coc([C@H](NC2=NS(=O)N=C2Nc2ccc(Cl)c(S(N)(=O)=O)c2O)C(C)C)c1.Cc1cc([C@H](NC2=NS(=O)N=C2Nc2ccc(Cl)c(S(N)(=O)=O)c2O)C(C)C)oc1C.Cc1ccc([C@H](NC2=NS(=O)N=C2Nc2ccc(Cl)c(S(N)(=O)=O)c2O)C(C)(C)C)o1. The molecule has 3 aromatic heterocycles. The normalized spacial score (nSPS) is 17.0. The van der Waals surface area contributed by atoms with Crippen molar-refractivity contribution >= 4 is 150 Å². The van der Waals surface area contributed by atoms with E-state index in [4.69, 9.17) is 63.5 Å². The van der Waals surface area contributed by atoms with Crippen LogP contribution in [0.5, 0.6) is 17.2 Å². The lowest BCUT2D eigenvalue weighted by molar-refractivity contribution is 0.261. The van der Waals surface area contributed by atoms with Gasteiger partial charge in [-0.3, -0.25) is 0 Å². The predicted octanol–water partition coefficient (Wildman–Crippen LogP) is 10.6. The Hall–Kier alpha value is -7.23. The molecule has 30 nitrogen and oxygen atoms in total. The fourth-order valence-electron chi connectivity index (χ4n) is 8.93. The molecule has 0 aliphatic carbocycles. The highest BCUT2D eigenvalue weighted by Crippen LogP contribution is 2.41. The van der Waals surface area contributed by atoms with Crippen LogP contribution in [0.1, 0.15) is 149 Å². The summed E-state index contributed by atoms with van der Waals surface area (Å²) >= 11 is 11.9. The fraction of sp³-hybridized carbons (Fsp3) is 0.379. The Morgan fingerprint density at radius 3 is 1.13 bits per heavy atom. The molecule has 3 aromatic carbocycles. The van der Waals surface area contributed by atoms with Crippen LogP contribution in [0.2, 0.25) is 15.1 Å². The van der Waals surface area contributed by atoms with E-state index in [1.54, 1.807) is 6.26 Å². The Bertz CT molecular complexity index is 4540. The summed E-state index contributed by atoms with van der Waals surface area (Å²) in [4.78, 5) is -1.90. The van der Waals surface area contributed by atoms with Crippen LogP contribution in [0, 0.1) is 38.0 Å². The molecule has 0 saturated heterocycles. The van der Waals surface area contributed by atoms with Crippen molar-refractivity contribution < 1.29 is 66.5 Å². The maximum absolute atomic E-state index is 12.0. The molecule has 3 unspecified atom stereocenters. The lowest BCUT2D eigenvalue weighted by atomic mass is 9.85. The Morgan fingerprint density at radius 2 is 0.845 bits per heavy atom. The standard InChI is InChI=1S/C19H24ClN5O5S2.2C18H22ClN5O5S2.3CH4/c1-9(2)11-7-14(30-8-11)15(10(3)4)23-19-18(24-31(27)25-19)22-13-6-5-12(20)17(16(13)26)32(21,28)29;1-9-5-8-12(29-9)15(18(2,3)4)22-17-16(23-30(26)24-17)21-11-7-6-10(19)14(13(11)25)31(20,27)28;1-8(2)14(13-7-9(3)10(4)29-13)22-18-17(23-30(26)24-18)21-12-6-5-11(19)16(15(12)25)31(20,27)28;;;/h5-10,15,26H,1-4H3,(H,22,24)(H,23,25)(H2,21,28,29);5-8,15,25H,1-4H3,(H,21,23)(H,22,24)(H2,20,27,28);5-8,14,25H,1-4H3,(H,21,23)(H,22,24)(H2,20,27,28);3*1H4/t15-,31?;15-,30?;14-,30?;;;/m101.../s1. The first kappa shape index (κ1) is 82.2. The summed E-state index contributed by atoms with van der Waals surface area (Å²) in [5, 5.41) is 63.7. The number of halogens is 3. The smallest absolute Gasteiger partial charge is 0.269 e. The highest BCUT2D eigenvalue weighted by molar-refractivity contribution is 7.90. The van der Waals surface area contributed by atoms with Crippen molar-refractivity contribution in [3.63, 3.8) is 0 Å². The zero-order chi connectivity index (χ0) is 70.0. The zero-order valence-corrected chi connectivity index (χ0v) is 59.2. The van der Waals surface area contributed by atoms with E-state index in [-0.39, 0.29) is 131 Å². The number of nitrogens with two attached hydrogens (primary N) is 3. The molecule has 0 bridgehead atoms. The predicted molar refractivity (Wildman–Crippen MR) is 385 cm³/mol. The third kappa shape index (κ3) is 20.2. The molecule has 9 rings (SSSR count). The first-order valence-electron chi connectivity index (χ1n) is 27.8. The van der Waals surface area contributed by atoms with Gasteiger partial charge in [-0.2, -0.15) is 0 Å². The number of nitrogens with one attached hydrogen (secondary N) is 6. The van der Waals surface area contributed by atoms with Crippen LogP contribution in [0.25, 0.3) is 0 Å². The molecule has 0 fully saturated rings. The van der Waals surface area contributed by atoms with Crippen molar-refractivity contribution in [2.24, 2.45) is 59.1 Å². The van der Waals surface area contributed by atoms with Gasteiger partial charge in [0.2, 0.25) is 30.1 Å². The topological polar surface area (TPSA) is 478 Å². The number of furan rings is 3. The minimum atomic E-state index is -4.30. The highest BCUT2D eigenvalue weighted by atomic mass is 35.5. The van der Waals surface area contributed by atoms with Crippen LogP contribution in [-0.4, -0.2) is 88.2 Å². The molecule has 3 aliphatic heterocycles. The van der Waals surface area contributed by atoms with Crippen LogP contribution < -0.4 is 47.3 Å². The summed E-state index contributed by atoms with van der Waals surface area (Å²) in [6.45, 7) is 23.6. The average Bonchev–Trinajstić information content (AvgIpc) is 1.61. The molecular weight excluding hydrogens is 1450 g/mol. The van der Waals surface area contributed by atoms with Crippen LogP contribution in [-0.2, 0) is 63.6 Å². The molecule has 0 spiro atoms. The summed E-state index contributed by atoms with van der Waals surface area (Å²) in [6.07, 6.45) is 1.69. The van der Waals surface area contributed by atoms with Crippen molar-refractivity contribution in [3.05, 3.63) is 122 Å². The van der Waals surface area contributed by atoms with Crippen molar-refractivity contribution in [3.8, 4) is 17.2 Å². The molecule has 6 aromatic rings. The van der Waals surface area contributed by atoms with E-state index in [1.807, 2.05) is 93.5 Å². The highest BCUT2D eigenvalue weighted by Gasteiger charge is 2.35. The molecule has 15 N–H and O–H groups in total. The Balaban J connectivity index is 0.000000305. The summed E-state index contributed by atoms with van der Waals surface area (Å²) in [7, 11) is -12.9. The van der Waals surface area contributed by atoms with Gasteiger partial charge >= 0.3 is 0 Å². The van der Waals surface area contributed by atoms with E-state index in [1.165, 1.54) is 36.4 Å². The lowest BCUT2D eigenvalue weighted by Gasteiger charge is -2.30. The minimum absolute atomic E-state index is 0. The number of phenolic OH excluding ortho intramolecular Hbond substituents is 3. The van der Waals surface area contributed by atoms with Gasteiger partial charge < -0.3 is 60.5 Å². The van der Waals surface area contributed by atoms with Crippen molar-refractivity contribution in [2.75, 3.05) is 16.0 Å². The third-order valence-electron chi connectivity index (χ3n) is 13.8. The summed E-state index contributed by atoms with van der Waals surface area (Å²) in [5.74, 6) is 2.48. The number of amidine groups is 6. The second-order valence-electron chi connectivity index (χ2n) is 23.1. The van der Waals surface area contributed by atoms with E-state index >= 15 is 0 Å². The van der Waals surface area contributed by atoms with E-state index in [0.29, 0.717) is 17.3 Å². The van der Waals surface area contributed by atoms with Gasteiger partial charge in [-0.15, -0.1) is 26.4 Å². The summed E-state index contributed by atoms with van der Waals surface area (Å²) < 4.78 is 148. The van der Waals surface area contributed by atoms with Crippen molar-refractivity contribution in [2.45, 2.75) is 144 Å². The molecule has 6 heterocycles. The summed E-state index contributed by atoms with van der Waals surface area (Å²) in [5.41, 5.74) is 1.55. The molecular formula is C58H80Cl3N15O15S6.